The molecule has 4 rings (SSSR count). The molecule has 0 fully saturated rings. The van der Waals surface area contributed by atoms with Crippen LogP contribution in [0.5, 0.6) is 0 Å². The lowest BCUT2D eigenvalue weighted by atomic mass is 9.98. The van der Waals surface area contributed by atoms with Crippen LogP contribution in [0.1, 0.15) is 26.9 Å². The lowest BCUT2D eigenvalue weighted by Crippen LogP contribution is -2.10. The molecule has 2 N–H and O–H groups in total. The highest BCUT2D eigenvalue weighted by molar-refractivity contribution is 7.98. The van der Waals surface area contributed by atoms with Gasteiger partial charge in [0, 0.05) is 15.5 Å². The number of hydrogen-bond donors (Lipinski definition) is 1. The van der Waals surface area contributed by atoms with E-state index in [0.717, 1.165) is 5.75 Å². The minimum atomic E-state index is -0.0169. The van der Waals surface area contributed by atoms with Crippen molar-refractivity contribution in [1.29, 1.82) is 0 Å². The van der Waals surface area contributed by atoms with Crippen molar-refractivity contribution in [2.75, 3.05) is 5.75 Å². The molecule has 1 aliphatic heterocycles. The molecule has 3 heteroatoms. The maximum absolute atomic E-state index is 6.60. The second-order valence-corrected chi connectivity index (χ2v) is 7.72. The molecule has 0 aliphatic carbocycles. The van der Waals surface area contributed by atoms with Crippen molar-refractivity contribution < 1.29 is 0 Å². The molecule has 1 atom stereocenters. The molecular formula is C18H17NS2. The van der Waals surface area contributed by atoms with Crippen LogP contribution in [0.2, 0.25) is 0 Å². The van der Waals surface area contributed by atoms with E-state index in [1.54, 1.807) is 4.88 Å². The molecule has 0 bridgehead atoms. The lowest BCUT2D eigenvalue weighted by molar-refractivity contribution is 0.902. The van der Waals surface area contributed by atoms with Crippen LogP contribution in [0.4, 0.5) is 0 Å². The van der Waals surface area contributed by atoms with Gasteiger partial charge in [0.2, 0.25) is 0 Å². The Balaban J connectivity index is 1.79. The summed E-state index contributed by atoms with van der Waals surface area (Å²) >= 11 is 3.94. The average molecular weight is 311 g/mol. The molecule has 0 saturated carbocycles. The Morgan fingerprint density at radius 1 is 1.05 bits per heavy atom. The number of thioether (sulfide) groups is 1. The lowest BCUT2D eigenvalue weighted by Gasteiger charge is -2.13. The smallest absolute Gasteiger partial charge is 0.0652 e. The van der Waals surface area contributed by atoms with Crippen LogP contribution in [0.25, 0.3) is 10.8 Å². The first-order valence-corrected chi connectivity index (χ1v) is 9.22. The summed E-state index contributed by atoms with van der Waals surface area (Å²) in [5.41, 5.74) is 9.34. The Labute approximate surface area is 133 Å². The highest BCUT2D eigenvalue weighted by atomic mass is 32.2. The minimum Gasteiger partial charge on any atom is -0.320 e. The van der Waals surface area contributed by atoms with Gasteiger partial charge in [-0.15, -0.1) is 11.3 Å². The van der Waals surface area contributed by atoms with Crippen LogP contribution in [0.3, 0.4) is 0 Å². The molecule has 106 valence electrons. The summed E-state index contributed by atoms with van der Waals surface area (Å²) in [7, 11) is 0. The average Bonchev–Trinajstić information content (AvgIpc) is 2.97. The van der Waals surface area contributed by atoms with Crippen LogP contribution in [-0.4, -0.2) is 5.75 Å². The summed E-state index contributed by atoms with van der Waals surface area (Å²) in [6.07, 6.45) is 1.20. The first-order chi connectivity index (χ1) is 10.3. The van der Waals surface area contributed by atoms with Crippen LogP contribution in [-0.2, 0) is 12.2 Å². The number of rotatable bonds is 2. The Morgan fingerprint density at radius 3 is 2.81 bits per heavy atom. The van der Waals surface area contributed by atoms with Gasteiger partial charge < -0.3 is 5.73 Å². The van der Waals surface area contributed by atoms with Gasteiger partial charge in [-0.25, -0.2) is 0 Å². The molecule has 21 heavy (non-hydrogen) atoms. The molecule has 3 aromatic rings. The second kappa shape index (κ2) is 5.48. The van der Waals surface area contributed by atoms with Crippen molar-refractivity contribution in [2.45, 2.75) is 18.2 Å². The summed E-state index contributed by atoms with van der Waals surface area (Å²) in [6, 6.07) is 17.3. The second-order valence-electron chi connectivity index (χ2n) is 5.45. The Morgan fingerprint density at radius 2 is 1.90 bits per heavy atom. The maximum Gasteiger partial charge on any atom is 0.0652 e. The summed E-state index contributed by atoms with van der Waals surface area (Å²) in [5, 5.41) is 2.54. The zero-order valence-corrected chi connectivity index (χ0v) is 13.3. The van der Waals surface area contributed by atoms with Gasteiger partial charge in [-0.1, -0.05) is 42.5 Å². The van der Waals surface area contributed by atoms with E-state index in [-0.39, 0.29) is 6.04 Å². The van der Waals surface area contributed by atoms with Crippen molar-refractivity contribution in [1.82, 2.24) is 0 Å². The maximum atomic E-state index is 6.60. The highest BCUT2D eigenvalue weighted by Crippen LogP contribution is 2.37. The van der Waals surface area contributed by atoms with E-state index in [0.29, 0.717) is 0 Å². The fourth-order valence-corrected chi connectivity index (χ4v) is 5.40. The molecule has 2 aromatic carbocycles. The fraction of sp³-hybridized carbons (Fsp3) is 0.222. The topological polar surface area (TPSA) is 26.0 Å². The van der Waals surface area contributed by atoms with Gasteiger partial charge in [0.1, 0.15) is 0 Å². The molecular weight excluding hydrogens is 294 g/mol. The summed E-state index contributed by atoms with van der Waals surface area (Å²) in [6.45, 7) is 0. The van der Waals surface area contributed by atoms with Crippen molar-refractivity contribution >= 4 is 33.9 Å². The third-order valence-electron chi connectivity index (χ3n) is 4.11. The normalized spacial score (nSPS) is 15.9. The molecule has 1 aliphatic rings. The first-order valence-electron chi connectivity index (χ1n) is 7.25. The number of thiophene rings is 1. The zero-order valence-electron chi connectivity index (χ0n) is 11.7. The number of hydrogen-bond acceptors (Lipinski definition) is 3. The number of nitrogens with two attached hydrogens (primary N) is 1. The van der Waals surface area contributed by atoms with Gasteiger partial charge in [0.25, 0.3) is 0 Å². The number of benzene rings is 2. The summed E-state index contributed by atoms with van der Waals surface area (Å²) in [5.74, 6) is 2.39. The molecule has 0 spiro atoms. The molecule has 0 radical (unpaired) electrons. The summed E-state index contributed by atoms with van der Waals surface area (Å²) < 4.78 is 0. The van der Waals surface area contributed by atoms with E-state index < -0.39 is 0 Å². The van der Waals surface area contributed by atoms with Gasteiger partial charge in [-0.3, -0.25) is 0 Å². The third kappa shape index (κ3) is 2.39. The van der Waals surface area contributed by atoms with E-state index in [1.807, 2.05) is 23.1 Å². The third-order valence-corrected chi connectivity index (χ3v) is 6.44. The molecule has 1 unspecified atom stereocenters. The van der Waals surface area contributed by atoms with E-state index in [2.05, 4.69) is 48.5 Å². The molecule has 1 aromatic heterocycles. The van der Waals surface area contributed by atoms with Crippen molar-refractivity contribution in [3.05, 3.63) is 69.4 Å². The van der Waals surface area contributed by atoms with Gasteiger partial charge in [-0.2, -0.15) is 11.8 Å². The molecule has 0 saturated heterocycles. The largest absolute Gasteiger partial charge is 0.320 e. The summed E-state index contributed by atoms with van der Waals surface area (Å²) in [4.78, 5) is 2.85. The van der Waals surface area contributed by atoms with Gasteiger partial charge in [-0.05, 0) is 40.1 Å². The van der Waals surface area contributed by atoms with Crippen LogP contribution in [0.15, 0.2) is 48.5 Å². The standard InChI is InChI=1S/C18H17NS2/c19-18(17-10-13-11-20-9-8-16(13)21-17)15-7-3-5-12-4-1-2-6-14(12)15/h1-7,10,18H,8-9,11,19H2. The number of aryl methyl sites for hydroxylation is 1. The van der Waals surface area contributed by atoms with Gasteiger partial charge >= 0.3 is 0 Å². The first kappa shape index (κ1) is 13.4. The predicted octanol–water partition coefficient (Wildman–Crippen LogP) is 4.74. The van der Waals surface area contributed by atoms with Crippen LogP contribution < -0.4 is 5.73 Å². The Kier molecular flexibility index (Phi) is 3.49. The van der Waals surface area contributed by atoms with Crippen molar-refractivity contribution in [2.24, 2.45) is 5.73 Å². The van der Waals surface area contributed by atoms with E-state index >= 15 is 0 Å². The Hall–Kier alpha value is -1.29. The minimum absolute atomic E-state index is 0.0169. The van der Waals surface area contributed by atoms with E-state index in [1.165, 1.54) is 39.0 Å². The van der Waals surface area contributed by atoms with Crippen molar-refractivity contribution in [3.63, 3.8) is 0 Å². The van der Waals surface area contributed by atoms with Crippen molar-refractivity contribution in [3.8, 4) is 0 Å². The molecule has 0 amide bonds. The zero-order chi connectivity index (χ0) is 14.2. The quantitative estimate of drug-likeness (QED) is 0.740. The molecule has 1 nitrogen and oxygen atoms in total. The number of fused-ring (bicyclic) bond motifs is 2. The predicted molar refractivity (Wildman–Crippen MR) is 94.2 cm³/mol. The molecule has 2 heterocycles. The van der Waals surface area contributed by atoms with Crippen LogP contribution >= 0.6 is 23.1 Å². The monoisotopic (exact) mass is 311 g/mol. The highest BCUT2D eigenvalue weighted by Gasteiger charge is 2.19. The van der Waals surface area contributed by atoms with E-state index in [9.17, 15) is 0 Å². The van der Waals surface area contributed by atoms with Gasteiger partial charge in [0.05, 0.1) is 6.04 Å². The van der Waals surface area contributed by atoms with Gasteiger partial charge in [0.15, 0.2) is 0 Å². The SMILES string of the molecule is NC(c1cc2c(s1)CCSC2)c1cccc2ccccc12. The van der Waals surface area contributed by atoms with Crippen LogP contribution in [0, 0.1) is 0 Å². The van der Waals surface area contributed by atoms with E-state index in [4.69, 9.17) is 5.73 Å². The Bertz CT molecular complexity index is 762. The fourth-order valence-electron chi connectivity index (χ4n) is 3.00.